The van der Waals surface area contributed by atoms with E-state index in [1.54, 1.807) is 35.2 Å². The molecule has 1 aliphatic rings. The first kappa shape index (κ1) is 18.9. The molecule has 0 radical (unpaired) electrons. The highest BCUT2D eigenvalue weighted by atomic mass is 16.4. The smallest absolute Gasteiger partial charge is 0.335 e. The zero-order chi connectivity index (χ0) is 20.5. The van der Waals surface area contributed by atoms with Gasteiger partial charge in [0.2, 0.25) is 5.91 Å². The molecule has 1 N–H and O–H groups in total. The van der Waals surface area contributed by atoms with E-state index in [1.807, 2.05) is 25.1 Å². The zero-order valence-electron chi connectivity index (χ0n) is 16.0. The number of hydrogen-bond acceptors (Lipinski definition) is 4. The summed E-state index contributed by atoms with van der Waals surface area (Å²) in [6.07, 6.45) is 0.690. The fraction of sp³-hybridized carbons (Fsp3) is 0.273. The summed E-state index contributed by atoms with van der Waals surface area (Å²) >= 11 is 0. The Bertz CT molecular complexity index is 1170. The first-order valence-corrected chi connectivity index (χ1v) is 9.52. The molecule has 7 nitrogen and oxygen atoms in total. The van der Waals surface area contributed by atoms with Crippen LogP contribution in [0.1, 0.15) is 34.0 Å². The minimum atomic E-state index is -0.965. The molecule has 0 bridgehead atoms. The van der Waals surface area contributed by atoms with Crippen molar-refractivity contribution in [2.75, 3.05) is 13.1 Å². The lowest BCUT2D eigenvalue weighted by molar-refractivity contribution is -0.131. The normalized spacial score (nSPS) is 16.3. The predicted octanol–water partition coefficient (Wildman–Crippen LogP) is 2.42. The lowest BCUT2D eigenvalue weighted by Crippen LogP contribution is -2.36. The molecule has 0 aliphatic carbocycles. The summed E-state index contributed by atoms with van der Waals surface area (Å²) in [5, 5.41) is 15.0. The van der Waals surface area contributed by atoms with Gasteiger partial charge in [-0.3, -0.25) is 9.59 Å². The number of rotatable bonds is 4. The van der Waals surface area contributed by atoms with E-state index in [0.29, 0.717) is 30.6 Å². The van der Waals surface area contributed by atoms with Gasteiger partial charge >= 0.3 is 5.97 Å². The molecule has 2 aromatic carbocycles. The number of carbonyl (C=O) groups excluding carboxylic acids is 1. The Morgan fingerprint density at radius 3 is 2.55 bits per heavy atom. The molecule has 1 aromatic heterocycles. The average molecular weight is 391 g/mol. The molecule has 4 rings (SSSR count). The van der Waals surface area contributed by atoms with Crippen molar-refractivity contribution in [2.24, 2.45) is 0 Å². The number of amides is 1. The molecule has 0 saturated carbocycles. The molecule has 148 valence electrons. The van der Waals surface area contributed by atoms with Gasteiger partial charge in [-0.05, 0) is 31.0 Å². The van der Waals surface area contributed by atoms with Crippen LogP contribution in [0.4, 0.5) is 0 Å². The summed E-state index contributed by atoms with van der Waals surface area (Å²) in [5.74, 6) is -1.19. The Labute approximate surface area is 167 Å². The summed E-state index contributed by atoms with van der Waals surface area (Å²) in [4.78, 5) is 38.7. The van der Waals surface area contributed by atoms with Crippen molar-refractivity contribution in [1.82, 2.24) is 14.7 Å². The summed E-state index contributed by atoms with van der Waals surface area (Å²) in [6.45, 7) is 2.65. The third-order valence-corrected chi connectivity index (χ3v) is 5.51. The lowest BCUT2D eigenvalue weighted by atomic mass is 9.93. The van der Waals surface area contributed by atoms with Crippen molar-refractivity contribution in [3.63, 3.8) is 0 Å². The van der Waals surface area contributed by atoms with Gasteiger partial charge < -0.3 is 10.0 Å². The van der Waals surface area contributed by atoms with Gasteiger partial charge in [-0.25, -0.2) is 9.48 Å². The molecule has 1 fully saturated rings. The van der Waals surface area contributed by atoms with E-state index in [1.165, 1.54) is 4.68 Å². The molecule has 1 atom stereocenters. The number of fused-ring (bicyclic) bond motifs is 1. The summed E-state index contributed by atoms with van der Waals surface area (Å²) in [6, 6.07) is 14.1. The van der Waals surface area contributed by atoms with Crippen LogP contribution < -0.4 is 5.56 Å². The fourth-order valence-electron chi connectivity index (χ4n) is 4.03. The maximum atomic E-state index is 12.8. The largest absolute Gasteiger partial charge is 0.478 e. The lowest BCUT2D eigenvalue weighted by Gasteiger charge is -2.18. The SMILES string of the molecule is Cc1nn(CC(=O)N2CCC(c3ccccc3C(=O)O)C2)c(=O)c2ccccc12. The standard InChI is InChI=1S/C22H21N3O4/c1-14-16-6-2-4-8-18(16)21(27)25(23-14)13-20(26)24-11-10-15(12-24)17-7-3-5-9-19(17)22(28)29/h2-9,15H,10-13H2,1H3,(H,28,29). The topological polar surface area (TPSA) is 92.5 Å². The minimum absolute atomic E-state index is 0.0331. The van der Waals surface area contributed by atoms with E-state index in [4.69, 9.17) is 0 Å². The molecule has 1 amide bonds. The van der Waals surface area contributed by atoms with Crippen molar-refractivity contribution in [3.8, 4) is 0 Å². The first-order valence-electron chi connectivity index (χ1n) is 9.52. The van der Waals surface area contributed by atoms with E-state index in [9.17, 15) is 19.5 Å². The number of aromatic carboxylic acids is 1. The van der Waals surface area contributed by atoms with E-state index >= 15 is 0 Å². The number of carboxylic acids is 1. The van der Waals surface area contributed by atoms with Crippen LogP contribution in [0.5, 0.6) is 0 Å². The van der Waals surface area contributed by atoms with Crippen molar-refractivity contribution in [1.29, 1.82) is 0 Å². The molecule has 1 saturated heterocycles. The molecule has 1 unspecified atom stereocenters. The highest BCUT2D eigenvalue weighted by molar-refractivity contribution is 5.89. The van der Waals surface area contributed by atoms with E-state index < -0.39 is 5.97 Å². The van der Waals surface area contributed by atoms with E-state index in [0.717, 1.165) is 10.9 Å². The maximum absolute atomic E-state index is 12.8. The van der Waals surface area contributed by atoms with Gasteiger partial charge in [0.05, 0.1) is 16.6 Å². The van der Waals surface area contributed by atoms with Gasteiger partial charge in [-0.1, -0.05) is 36.4 Å². The molecule has 3 aromatic rings. The number of hydrogen-bond donors (Lipinski definition) is 1. The van der Waals surface area contributed by atoms with Gasteiger partial charge in [-0.15, -0.1) is 0 Å². The van der Waals surface area contributed by atoms with Gasteiger partial charge in [0, 0.05) is 24.4 Å². The number of likely N-dealkylation sites (tertiary alicyclic amines) is 1. The van der Waals surface area contributed by atoms with Crippen LogP contribution >= 0.6 is 0 Å². The molecule has 0 spiro atoms. The Morgan fingerprint density at radius 1 is 1.10 bits per heavy atom. The van der Waals surface area contributed by atoms with Crippen LogP contribution in [-0.2, 0) is 11.3 Å². The monoisotopic (exact) mass is 391 g/mol. The van der Waals surface area contributed by atoms with Gasteiger partial charge in [0.1, 0.15) is 6.54 Å². The van der Waals surface area contributed by atoms with E-state index in [-0.39, 0.29) is 29.5 Å². The third kappa shape index (κ3) is 3.51. The van der Waals surface area contributed by atoms with Crippen LogP contribution in [-0.4, -0.2) is 44.8 Å². The summed E-state index contributed by atoms with van der Waals surface area (Å²) < 4.78 is 1.22. The Hall–Kier alpha value is -3.48. The van der Waals surface area contributed by atoms with Gasteiger partial charge in [0.15, 0.2) is 0 Å². The van der Waals surface area contributed by atoms with Crippen LogP contribution in [0.25, 0.3) is 10.8 Å². The number of nitrogens with zero attached hydrogens (tertiary/aromatic N) is 3. The van der Waals surface area contributed by atoms with Crippen LogP contribution in [0.2, 0.25) is 0 Å². The second-order valence-electron chi connectivity index (χ2n) is 7.31. The molecule has 1 aliphatic heterocycles. The Morgan fingerprint density at radius 2 is 1.79 bits per heavy atom. The molecule has 29 heavy (non-hydrogen) atoms. The van der Waals surface area contributed by atoms with Crippen molar-refractivity contribution in [3.05, 3.63) is 75.7 Å². The highest BCUT2D eigenvalue weighted by Gasteiger charge is 2.30. The van der Waals surface area contributed by atoms with Crippen LogP contribution in [0.3, 0.4) is 0 Å². The molecule has 2 heterocycles. The van der Waals surface area contributed by atoms with Gasteiger partial charge in [-0.2, -0.15) is 5.10 Å². The molecular formula is C22H21N3O4. The third-order valence-electron chi connectivity index (χ3n) is 5.51. The highest BCUT2D eigenvalue weighted by Crippen LogP contribution is 2.29. The second-order valence-corrected chi connectivity index (χ2v) is 7.31. The van der Waals surface area contributed by atoms with Crippen molar-refractivity contribution in [2.45, 2.75) is 25.8 Å². The minimum Gasteiger partial charge on any atom is -0.478 e. The van der Waals surface area contributed by atoms with E-state index in [2.05, 4.69) is 5.10 Å². The molecule has 7 heteroatoms. The number of carbonyl (C=O) groups is 2. The van der Waals surface area contributed by atoms with Crippen LogP contribution in [0.15, 0.2) is 53.3 Å². The Kier molecular flexibility index (Phi) is 4.88. The van der Waals surface area contributed by atoms with Crippen LogP contribution in [0, 0.1) is 6.92 Å². The summed E-state index contributed by atoms with van der Waals surface area (Å²) in [7, 11) is 0. The van der Waals surface area contributed by atoms with Crippen molar-refractivity contribution < 1.29 is 14.7 Å². The van der Waals surface area contributed by atoms with Crippen molar-refractivity contribution >= 4 is 22.6 Å². The molecular weight excluding hydrogens is 370 g/mol. The Balaban J connectivity index is 1.54. The zero-order valence-corrected chi connectivity index (χ0v) is 16.0. The second kappa shape index (κ2) is 7.50. The average Bonchev–Trinajstić information content (AvgIpc) is 3.22. The summed E-state index contributed by atoms with van der Waals surface area (Å²) in [5.41, 5.74) is 1.43. The number of carboxylic acid groups (broad SMARTS) is 1. The maximum Gasteiger partial charge on any atom is 0.335 e. The fourth-order valence-corrected chi connectivity index (χ4v) is 4.03. The number of aryl methyl sites for hydroxylation is 1. The first-order chi connectivity index (χ1) is 14.0. The quantitative estimate of drug-likeness (QED) is 0.737. The predicted molar refractivity (Wildman–Crippen MR) is 108 cm³/mol. The van der Waals surface area contributed by atoms with Gasteiger partial charge in [0.25, 0.3) is 5.56 Å². The number of benzene rings is 2. The number of aromatic nitrogens is 2.